The molecule has 0 aliphatic heterocycles. The van der Waals surface area contributed by atoms with Gasteiger partial charge < -0.3 is 10.5 Å². The van der Waals surface area contributed by atoms with E-state index < -0.39 is 12.0 Å². The third kappa shape index (κ3) is 4.29. The number of hydrogen-bond acceptors (Lipinski definition) is 2. The lowest BCUT2D eigenvalue weighted by Crippen LogP contribution is -2.31. The number of carbonyl (C=O) groups excluding carboxylic acids is 1. The summed E-state index contributed by atoms with van der Waals surface area (Å²) < 4.78 is 5.46. The van der Waals surface area contributed by atoms with Gasteiger partial charge in [-0.25, -0.2) is 0 Å². The molecule has 0 saturated heterocycles. The van der Waals surface area contributed by atoms with Crippen LogP contribution in [0.15, 0.2) is 18.2 Å². The van der Waals surface area contributed by atoms with Crippen molar-refractivity contribution in [1.29, 1.82) is 0 Å². The van der Waals surface area contributed by atoms with Gasteiger partial charge >= 0.3 is 0 Å². The summed E-state index contributed by atoms with van der Waals surface area (Å²) >= 11 is 0. The summed E-state index contributed by atoms with van der Waals surface area (Å²) in [5, 5.41) is 0. The highest BCUT2D eigenvalue weighted by atomic mass is 35.5. The number of primary amides is 1. The minimum absolute atomic E-state index is 0. The Balaban J connectivity index is 0. The van der Waals surface area contributed by atoms with E-state index in [0.29, 0.717) is 0 Å². The fourth-order valence-corrected chi connectivity index (χ4v) is 1.22. The Hall–Kier alpha value is -0.930. The fourth-order valence-electron chi connectivity index (χ4n) is 1.22. The lowest BCUT2D eigenvalue weighted by atomic mass is 10.1. The van der Waals surface area contributed by atoms with Crippen LogP contribution < -0.4 is 10.5 Å². The Bertz CT molecular complexity index is 336. The Kier molecular flexibility index (Phi) is 8.03. The molecule has 0 aliphatic carbocycles. The van der Waals surface area contributed by atoms with Crippen molar-refractivity contribution in [2.45, 2.75) is 26.9 Å². The molecular weight excluding hydrogens is 249 g/mol. The second-order valence-corrected chi connectivity index (χ2v) is 3.38. The first kappa shape index (κ1) is 17.5. The van der Waals surface area contributed by atoms with Crippen molar-refractivity contribution in [2.24, 2.45) is 5.73 Å². The molecule has 5 heteroatoms. The molecular formula is C11H17Cl2NO2. The Morgan fingerprint density at radius 1 is 1.25 bits per heavy atom. The number of aryl methyl sites for hydroxylation is 2. The maximum absolute atomic E-state index is 10.8. The first-order valence-electron chi connectivity index (χ1n) is 4.54. The highest BCUT2D eigenvalue weighted by molar-refractivity contribution is 5.85. The van der Waals surface area contributed by atoms with Gasteiger partial charge in [-0.05, 0) is 31.9 Å². The van der Waals surface area contributed by atoms with Crippen LogP contribution in [0.3, 0.4) is 0 Å². The van der Waals surface area contributed by atoms with Gasteiger partial charge in [-0.3, -0.25) is 4.79 Å². The zero-order chi connectivity index (χ0) is 10.7. The molecule has 1 rings (SSSR count). The van der Waals surface area contributed by atoms with E-state index in [1.54, 1.807) is 6.92 Å². The lowest BCUT2D eigenvalue weighted by Gasteiger charge is -2.15. The minimum Gasteiger partial charge on any atom is -0.480 e. The third-order valence-corrected chi connectivity index (χ3v) is 2.10. The van der Waals surface area contributed by atoms with Gasteiger partial charge in [0.25, 0.3) is 5.91 Å². The van der Waals surface area contributed by atoms with Gasteiger partial charge in [0.15, 0.2) is 6.10 Å². The van der Waals surface area contributed by atoms with Crippen molar-refractivity contribution in [3.8, 4) is 5.75 Å². The smallest absolute Gasteiger partial charge is 0.258 e. The summed E-state index contributed by atoms with van der Waals surface area (Å²) in [5.41, 5.74) is 7.14. The number of amides is 1. The maximum atomic E-state index is 10.8. The van der Waals surface area contributed by atoms with Crippen LogP contribution in [-0.2, 0) is 4.79 Å². The van der Waals surface area contributed by atoms with E-state index in [0.717, 1.165) is 16.9 Å². The predicted molar refractivity (Wildman–Crippen MR) is 69.7 cm³/mol. The zero-order valence-electron chi connectivity index (χ0n) is 9.52. The molecule has 1 amide bonds. The molecule has 1 unspecified atom stereocenters. The monoisotopic (exact) mass is 265 g/mol. The van der Waals surface area contributed by atoms with Crippen molar-refractivity contribution >= 4 is 30.7 Å². The fraction of sp³-hybridized carbons (Fsp3) is 0.364. The molecule has 92 valence electrons. The van der Waals surface area contributed by atoms with E-state index in [4.69, 9.17) is 10.5 Å². The van der Waals surface area contributed by atoms with Gasteiger partial charge in [0.2, 0.25) is 0 Å². The summed E-state index contributed by atoms with van der Waals surface area (Å²) in [7, 11) is 0. The molecule has 1 aromatic carbocycles. The zero-order valence-corrected chi connectivity index (χ0v) is 11.2. The van der Waals surface area contributed by atoms with Crippen molar-refractivity contribution in [3.05, 3.63) is 29.3 Å². The van der Waals surface area contributed by atoms with Gasteiger partial charge in [0.05, 0.1) is 0 Å². The van der Waals surface area contributed by atoms with Crippen molar-refractivity contribution in [2.75, 3.05) is 0 Å². The topological polar surface area (TPSA) is 52.3 Å². The lowest BCUT2D eigenvalue weighted by molar-refractivity contribution is -0.124. The van der Waals surface area contributed by atoms with Crippen LogP contribution in [-0.4, -0.2) is 12.0 Å². The summed E-state index contributed by atoms with van der Waals surface area (Å²) in [6.45, 7) is 5.53. The highest BCUT2D eigenvalue weighted by Gasteiger charge is 2.12. The van der Waals surface area contributed by atoms with E-state index in [-0.39, 0.29) is 24.8 Å². The van der Waals surface area contributed by atoms with Crippen LogP contribution >= 0.6 is 24.8 Å². The Morgan fingerprint density at radius 2 is 1.69 bits per heavy atom. The number of benzene rings is 1. The molecule has 16 heavy (non-hydrogen) atoms. The number of carbonyl (C=O) groups is 1. The van der Waals surface area contributed by atoms with E-state index in [1.807, 2.05) is 32.0 Å². The maximum Gasteiger partial charge on any atom is 0.258 e. The molecule has 1 aromatic rings. The van der Waals surface area contributed by atoms with Crippen LogP contribution in [0.1, 0.15) is 18.1 Å². The average molecular weight is 266 g/mol. The van der Waals surface area contributed by atoms with Crippen LogP contribution in [0.4, 0.5) is 0 Å². The van der Waals surface area contributed by atoms with Gasteiger partial charge in [0.1, 0.15) is 5.75 Å². The number of para-hydroxylation sites is 1. The molecule has 0 saturated carbocycles. The second kappa shape index (κ2) is 7.36. The standard InChI is InChI=1S/C11H15NO2.2ClH/c1-7-5-4-6-8(2)10(7)14-9(3)11(12)13;;/h4-6,9H,1-3H3,(H2,12,13);2*1H. The quantitative estimate of drug-likeness (QED) is 0.913. The van der Waals surface area contributed by atoms with E-state index in [1.165, 1.54) is 0 Å². The van der Waals surface area contributed by atoms with Crippen LogP contribution in [0.5, 0.6) is 5.75 Å². The largest absolute Gasteiger partial charge is 0.480 e. The van der Waals surface area contributed by atoms with Crippen molar-refractivity contribution in [3.63, 3.8) is 0 Å². The first-order chi connectivity index (χ1) is 6.52. The van der Waals surface area contributed by atoms with Crippen molar-refractivity contribution in [1.82, 2.24) is 0 Å². The highest BCUT2D eigenvalue weighted by Crippen LogP contribution is 2.23. The number of hydrogen-bond donors (Lipinski definition) is 1. The third-order valence-electron chi connectivity index (χ3n) is 2.10. The number of halogens is 2. The molecule has 0 aromatic heterocycles. The van der Waals surface area contributed by atoms with Gasteiger partial charge in [0, 0.05) is 0 Å². The minimum atomic E-state index is -0.588. The van der Waals surface area contributed by atoms with Crippen LogP contribution in [0.25, 0.3) is 0 Å². The van der Waals surface area contributed by atoms with Crippen LogP contribution in [0.2, 0.25) is 0 Å². The second-order valence-electron chi connectivity index (χ2n) is 3.38. The number of nitrogens with two attached hydrogens (primary N) is 1. The van der Waals surface area contributed by atoms with Crippen LogP contribution in [0, 0.1) is 13.8 Å². The predicted octanol–water partition coefficient (Wildman–Crippen LogP) is 2.40. The number of rotatable bonds is 3. The SMILES string of the molecule is Cc1cccc(C)c1OC(C)C(N)=O.Cl.Cl. The van der Waals surface area contributed by atoms with E-state index >= 15 is 0 Å². The molecule has 3 nitrogen and oxygen atoms in total. The summed E-state index contributed by atoms with van der Waals surface area (Å²) in [5.74, 6) is 0.298. The molecule has 0 bridgehead atoms. The summed E-state index contributed by atoms with van der Waals surface area (Å²) in [6, 6.07) is 5.83. The molecule has 0 aliphatic rings. The van der Waals surface area contributed by atoms with Gasteiger partial charge in [-0.2, -0.15) is 0 Å². The first-order valence-corrected chi connectivity index (χ1v) is 4.54. The summed E-state index contributed by atoms with van der Waals surface area (Å²) in [4.78, 5) is 10.8. The molecule has 2 N–H and O–H groups in total. The molecule has 0 heterocycles. The van der Waals surface area contributed by atoms with E-state index in [9.17, 15) is 4.79 Å². The normalized spacial score (nSPS) is 10.7. The molecule has 0 fully saturated rings. The average Bonchev–Trinajstić information content (AvgIpc) is 2.11. The van der Waals surface area contributed by atoms with E-state index in [2.05, 4.69) is 0 Å². The van der Waals surface area contributed by atoms with Gasteiger partial charge in [-0.1, -0.05) is 18.2 Å². The Labute approximate surface area is 108 Å². The van der Waals surface area contributed by atoms with Crippen molar-refractivity contribution < 1.29 is 9.53 Å². The number of ether oxygens (including phenoxy) is 1. The summed E-state index contributed by atoms with van der Waals surface area (Å²) in [6.07, 6.45) is -0.588. The van der Waals surface area contributed by atoms with Gasteiger partial charge in [-0.15, -0.1) is 24.8 Å². The molecule has 0 radical (unpaired) electrons. The molecule has 1 atom stereocenters. The Morgan fingerprint density at radius 3 is 2.06 bits per heavy atom. The molecule has 0 spiro atoms.